The van der Waals surface area contributed by atoms with E-state index in [1.807, 2.05) is 42.5 Å². The minimum Gasteiger partial charge on any atom is -0.464 e. The summed E-state index contributed by atoms with van der Waals surface area (Å²) in [6.07, 6.45) is 9.58. The molecule has 292 valence electrons. The Balaban J connectivity index is 1.37. The summed E-state index contributed by atoms with van der Waals surface area (Å²) in [7, 11) is 0. The van der Waals surface area contributed by atoms with Crippen molar-refractivity contribution in [1.82, 2.24) is 9.80 Å². The highest BCUT2D eigenvalue weighted by Gasteiger charge is 2.40. The first kappa shape index (κ1) is 37.9. The molecule has 0 saturated carbocycles. The Bertz CT molecular complexity index is 2390. The maximum atomic E-state index is 14.7. The number of anilines is 1. The summed E-state index contributed by atoms with van der Waals surface area (Å²) >= 11 is 0. The van der Waals surface area contributed by atoms with Gasteiger partial charge < -0.3 is 9.64 Å². The zero-order valence-corrected chi connectivity index (χ0v) is 33.5. The van der Waals surface area contributed by atoms with Crippen molar-refractivity contribution >= 4 is 78.4 Å². The number of amides is 4. The van der Waals surface area contributed by atoms with Crippen LogP contribution < -0.4 is 4.90 Å². The van der Waals surface area contributed by atoms with Crippen LogP contribution in [0.15, 0.2) is 42.5 Å². The molecule has 56 heavy (non-hydrogen) atoms. The van der Waals surface area contributed by atoms with Crippen LogP contribution in [0.2, 0.25) is 0 Å². The average Bonchev–Trinajstić information content (AvgIpc) is 3.68. The molecule has 3 heterocycles. The van der Waals surface area contributed by atoms with Crippen molar-refractivity contribution in [3.05, 3.63) is 64.7 Å². The van der Waals surface area contributed by atoms with Gasteiger partial charge >= 0.3 is 5.97 Å². The largest absolute Gasteiger partial charge is 0.464 e. The van der Waals surface area contributed by atoms with Crippen molar-refractivity contribution in [3.63, 3.8) is 0 Å². The molecule has 9 heteroatoms. The van der Waals surface area contributed by atoms with E-state index in [0.717, 1.165) is 102 Å². The van der Waals surface area contributed by atoms with Gasteiger partial charge in [0.05, 0.1) is 11.6 Å². The van der Waals surface area contributed by atoms with Gasteiger partial charge in [0.2, 0.25) is 0 Å². The van der Waals surface area contributed by atoms with E-state index >= 15 is 0 Å². The molecule has 0 aromatic heterocycles. The average molecular weight is 756 g/mol. The first-order valence-corrected chi connectivity index (χ1v) is 21.0. The van der Waals surface area contributed by atoms with Crippen molar-refractivity contribution in [2.75, 3.05) is 31.1 Å². The van der Waals surface area contributed by atoms with Crippen molar-refractivity contribution in [2.24, 2.45) is 11.8 Å². The lowest BCUT2D eigenvalue weighted by atomic mass is 9.81. The van der Waals surface area contributed by atoms with Gasteiger partial charge in [-0.1, -0.05) is 84.4 Å². The quantitative estimate of drug-likeness (QED) is 0.0454. The van der Waals surface area contributed by atoms with E-state index in [4.69, 9.17) is 4.74 Å². The summed E-state index contributed by atoms with van der Waals surface area (Å²) < 4.78 is 5.58. The lowest BCUT2D eigenvalue weighted by molar-refractivity contribution is -0.141. The molecule has 9 nitrogen and oxygen atoms in total. The molecule has 1 saturated heterocycles. The van der Waals surface area contributed by atoms with E-state index in [2.05, 4.69) is 32.6 Å². The second-order valence-electron chi connectivity index (χ2n) is 16.4. The van der Waals surface area contributed by atoms with Crippen molar-refractivity contribution in [3.8, 4) is 0 Å². The molecule has 3 atom stereocenters. The standard InChI is InChI=1S/C47H53N3O6/c1-6-10-13-28(8-3)24-49-44(52)34-19-16-31-32-17-20-36-41-37(47(55)50(46(36)54)25-29(9-4)14-11-7-2)23-38(48-22-12-15-30(48)26-56-27(5)51)42(43(32)41)33-18-21-35(45(49)53)40(34)39(31)33/h16-21,23,28-30H,6-15,22,24-26H2,1-5H3/t28?,29?,30-/m1/s1. The number of benzene rings is 5. The first-order valence-electron chi connectivity index (χ1n) is 21.0. The molecule has 5 aromatic rings. The van der Waals surface area contributed by atoms with E-state index in [-0.39, 0.29) is 54.1 Å². The molecular formula is C47H53N3O6. The number of unbranched alkanes of at least 4 members (excludes halogenated alkanes) is 2. The fourth-order valence-corrected chi connectivity index (χ4v) is 9.89. The van der Waals surface area contributed by atoms with Crippen LogP contribution in [0.25, 0.3) is 43.1 Å². The molecule has 2 unspecified atom stereocenters. The highest BCUT2D eigenvalue weighted by Crippen LogP contribution is 2.50. The molecule has 3 aliphatic rings. The Hall–Kier alpha value is -5.05. The number of hydrogen-bond acceptors (Lipinski definition) is 7. The van der Waals surface area contributed by atoms with Crippen LogP contribution in [0.4, 0.5) is 5.69 Å². The van der Waals surface area contributed by atoms with Crippen molar-refractivity contribution in [1.29, 1.82) is 0 Å². The topological polar surface area (TPSA) is 104 Å². The maximum Gasteiger partial charge on any atom is 0.302 e. The third-order valence-corrected chi connectivity index (χ3v) is 13.0. The summed E-state index contributed by atoms with van der Waals surface area (Å²) in [5.74, 6) is -0.984. The van der Waals surface area contributed by atoms with Gasteiger partial charge in [0.1, 0.15) is 6.61 Å². The van der Waals surface area contributed by atoms with Crippen LogP contribution in [0.1, 0.15) is 140 Å². The van der Waals surface area contributed by atoms with Crippen LogP contribution in [0.3, 0.4) is 0 Å². The number of carbonyl (C=O) groups is 5. The first-order chi connectivity index (χ1) is 27.1. The van der Waals surface area contributed by atoms with E-state index in [9.17, 15) is 24.0 Å². The Morgan fingerprint density at radius 3 is 1.68 bits per heavy atom. The summed E-state index contributed by atoms with van der Waals surface area (Å²) in [6, 6.07) is 13.4. The number of imide groups is 2. The third-order valence-electron chi connectivity index (χ3n) is 13.0. The summed E-state index contributed by atoms with van der Waals surface area (Å²) in [6.45, 7) is 11.6. The molecule has 0 bridgehead atoms. The normalized spacial score (nSPS) is 18.1. The fourth-order valence-electron chi connectivity index (χ4n) is 9.89. The van der Waals surface area contributed by atoms with Crippen LogP contribution in [-0.2, 0) is 9.53 Å². The predicted molar refractivity (Wildman–Crippen MR) is 222 cm³/mol. The van der Waals surface area contributed by atoms with E-state index < -0.39 is 0 Å². The number of hydrogen-bond donors (Lipinski definition) is 0. The Kier molecular flexibility index (Phi) is 10.2. The third kappa shape index (κ3) is 6.00. The van der Waals surface area contributed by atoms with Crippen LogP contribution in [-0.4, -0.2) is 71.7 Å². The Morgan fingerprint density at radius 1 is 0.661 bits per heavy atom. The highest BCUT2D eigenvalue weighted by molar-refractivity contribution is 6.42. The van der Waals surface area contributed by atoms with E-state index in [1.54, 1.807) is 0 Å². The van der Waals surface area contributed by atoms with Gasteiger partial charge in [-0.15, -0.1) is 0 Å². The molecular weight excluding hydrogens is 703 g/mol. The minimum absolute atomic E-state index is 0.112. The Labute approximate surface area is 328 Å². The number of esters is 1. The van der Waals surface area contributed by atoms with Crippen LogP contribution in [0.5, 0.6) is 0 Å². The maximum absolute atomic E-state index is 14.7. The lowest BCUT2D eigenvalue weighted by Gasteiger charge is -2.34. The second-order valence-corrected chi connectivity index (χ2v) is 16.4. The molecule has 0 N–H and O–H groups in total. The SMILES string of the molecule is CCCCC(CC)CN1C(=O)c2ccc3c4ccc5c6c(cc(N7CCC[C@@H]7COC(C)=O)c(c7ccc(c2c37)C1=O)c64)C(=O)N(CC(CC)CCCC)C5=O. The molecule has 0 radical (unpaired) electrons. The highest BCUT2D eigenvalue weighted by atomic mass is 16.5. The smallest absolute Gasteiger partial charge is 0.302 e. The van der Waals surface area contributed by atoms with Gasteiger partial charge in [-0.25, -0.2) is 0 Å². The van der Waals surface area contributed by atoms with Crippen LogP contribution in [0, 0.1) is 11.8 Å². The zero-order chi connectivity index (χ0) is 39.4. The van der Waals surface area contributed by atoms with Crippen molar-refractivity contribution < 1.29 is 28.7 Å². The van der Waals surface area contributed by atoms with E-state index in [0.29, 0.717) is 52.7 Å². The van der Waals surface area contributed by atoms with Crippen LogP contribution >= 0.6 is 0 Å². The number of carbonyl (C=O) groups excluding carboxylic acids is 5. The molecule has 0 aliphatic carbocycles. The summed E-state index contributed by atoms with van der Waals surface area (Å²) in [5, 5.41) is 6.46. The number of nitrogens with zero attached hydrogens (tertiary/aromatic N) is 3. The zero-order valence-electron chi connectivity index (χ0n) is 33.5. The van der Waals surface area contributed by atoms with Gasteiger partial charge in [-0.3, -0.25) is 33.8 Å². The van der Waals surface area contributed by atoms with Gasteiger partial charge in [-0.05, 0) is 83.3 Å². The molecule has 3 aliphatic heterocycles. The minimum atomic E-state index is -0.344. The number of rotatable bonds is 15. The fraction of sp³-hybridized carbons (Fsp3) is 0.468. The molecule has 5 aromatic carbocycles. The summed E-state index contributed by atoms with van der Waals surface area (Å²) in [4.78, 5) is 74.9. The second kappa shape index (κ2) is 15.1. The number of ether oxygens (including phenoxy) is 1. The van der Waals surface area contributed by atoms with E-state index in [1.165, 1.54) is 16.7 Å². The van der Waals surface area contributed by atoms with Gasteiger partial charge in [0.25, 0.3) is 23.6 Å². The predicted octanol–water partition coefficient (Wildman–Crippen LogP) is 9.89. The number of fused-ring (bicyclic) bond motifs is 2. The summed E-state index contributed by atoms with van der Waals surface area (Å²) in [5.41, 5.74) is 2.89. The molecule has 0 spiro atoms. The molecule has 8 rings (SSSR count). The van der Waals surface area contributed by atoms with Gasteiger partial charge in [-0.2, -0.15) is 0 Å². The molecule has 1 fully saturated rings. The lowest BCUT2D eigenvalue weighted by Crippen LogP contribution is -2.43. The molecule has 4 amide bonds. The van der Waals surface area contributed by atoms with Gasteiger partial charge in [0, 0.05) is 70.5 Å². The van der Waals surface area contributed by atoms with Crippen molar-refractivity contribution in [2.45, 2.75) is 105 Å². The monoisotopic (exact) mass is 755 g/mol. The Morgan fingerprint density at radius 2 is 1.16 bits per heavy atom. The van der Waals surface area contributed by atoms with Gasteiger partial charge in [0.15, 0.2) is 0 Å².